The number of aliphatic hydroxyl groups excluding tert-OH is 1. The number of aliphatic imine (C=N–C) groups is 1. The summed E-state index contributed by atoms with van der Waals surface area (Å²) in [7, 11) is 1.48. The van der Waals surface area contributed by atoms with Crippen molar-refractivity contribution in [2.75, 3.05) is 7.05 Å². The van der Waals surface area contributed by atoms with Gasteiger partial charge in [0.25, 0.3) is 0 Å². The Morgan fingerprint density at radius 2 is 2.20 bits per heavy atom. The summed E-state index contributed by atoms with van der Waals surface area (Å²) < 4.78 is 0. The molecule has 0 unspecified atom stereocenters. The van der Waals surface area contributed by atoms with E-state index in [0.717, 1.165) is 0 Å². The number of Topliss-reactive ketones (excluding diaryl/α,β-unsaturated/α-hetero) is 1. The molecule has 0 aliphatic rings. The molecule has 0 radical (unpaired) electrons. The number of hydrogen-bond donors (Lipinski definition) is 2. The first-order valence-corrected chi connectivity index (χ1v) is 2.71. The molecule has 0 aromatic carbocycles. The van der Waals surface area contributed by atoms with Gasteiger partial charge >= 0.3 is 0 Å². The number of nitrogens with two attached hydrogens (primary N) is 1. The molecule has 0 aromatic heterocycles. The van der Waals surface area contributed by atoms with Crippen LogP contribution in [-0.2, 0) is 4.79 Å². The Balaban J connectivity index is 4.39. The van der Waals surface area contributed by atoms with Crippen molar-refractivity contribution < 1.29 is 9.90 Å². The third-order valence-corrected chi connectivity index (χ3v) is 1.07. The second kappa shape index (κ2) is 3.66. The molecule has 0 aliphatic heterocycles. The van der Waals surface area contributed by atoms with E-state index in [9.17, 15) is 4.79 Å². The topological polar surface area (TPSA) is 75.7 Å². The summed E-state index contributed by atoms with van der Waals surface area (Å²) in [5.74, 6) is -0.440. The fourth-order valence-corrected chi connectivity index (χ4v) is 0.369. The zero-order valence-corrected chi connectivity index (χ0v) is 5.96. The van der Waals surface area contributed by atoms with E-state index in [1.54, 1.807) is 0 Å². The zero-order chi connectivity index (χ0) is 8.15. The lowest BCUT2D eigenvalue weighted by Crippen LogP contribution is -2.18. The predicted molar refractivity (Wildman–Crippen MR) is 38.9 cm³/mol. The second-order valence-electron chi connectivity index (χ2n) is 1.72. The van der Waals surface area contributed by atoms with Crippen molar-refractivity contribution in [1.29, 1.82) is 0 Å². The van der Waals surface area contributed by atoms with Crippen LogP contribution in [0.15, 0.2) is 17.0 Å². The van der Waals surface area contributed by atoms with Crippen LogP contribution in [0.2, 0.25) is 0 Å². The highest BCUT2D eigenvalue weighted by Gasteiger charge is 2.07. The molecule has 0 saturated carbocycles. The number of carbonyl (C=O) groups is 1. The molecule has 0 amide bonds. The fraction of sp³-hybridized carbons (Fsp3) is 0.333. The third-order valence-electron chi connectivity index (χ3n) is 1.07. The van der Waals surface area contributed by atoms with Crippen molar-refractivity contribution in [3.63, 3.8) is 0 Å². The molecule has 0 heterocycles. The first kappa shape index (κ1) is 8.68. The average Bonchev–Trinajstić information content (AvgIpc) is 2.00. The van der Waals surface area contributed by atoms with Gasteiger partial charge in [0.05, 0.1) is 5.71 Å². The molecule has 4 nitrogen and oxygen atoms in total. The van der Waals surface area contributed by atoms with Crippen molar-refractivity contribution in [3.8, 4) is 0 Å². The van der Waals surface area contributed by atoms with Gasteiger partial charge in [0.15, 0.2) is 0 Å². The van der Waals surface area contributed by atoms with Crippen LogP contribution in [0.1, 0.15) is 6.92 Å². The molecule has 0 atom stereocenters. The molecule has 0 aromatic rings. The summed E-state index contributed by atoms with van der Waals surface area (Å²) in [5.41, 5.74) is 5.16. The van der Waals surface area contributed by atoms with Crippen LogP contribution < -0.4 is 5.73 Å². The molecule has 0 bridgehead atoms. The molecule has 56 valence electrons. The van der Waals surface area contributed by atoms with Gasteiger partial charge in [-0.2, -0.15) is 0 Å². The summed E-state index contributed by atoms with van der Waals surface area (Å²) in [5, 5.41) is 8.29. The largest absolute Gasteiger partial charge is 0.513 e. The Bertz CT molecular complexity index is 174. The first-order chi connectivity index (χ1) is 4.63. The van der Waals surface area contributed by atoms with Gasteiger partial charge < -0.3 is 10.8 Å². The van der Waals surface area contributed by atoms with E-state index >= 15 is 0 Å². The maximum Gasteiger partial charge on any atom is 0.225 e. The van der Waals surface area contributed by atoms with Gasteiger partial charge in [-0.05, 0) is 6.92 Å². The molecule has 0 fully saturated rings. The molecular formula is C6H10N2O2. The number of hydrogen-bond acceptors (Lipinski definition) is 4. The Kier molecular flexibility index (Phi) is 3.17. The van der Waals surface area contributed by atoms with E-state index in [4.69, 9.17) is 10.8 Å². The molecule has 0 aliphatic carbocycles. The van der Waals surface area contributed by atoms with Gasteiger partial charge in [0, 0.05) is 7.05 Å². The smallest absolute Gasteiger partial charge is 0.225 e. The summed E-state index contributed by atoms with van der Waals surface area (Å²) in [4.78, 5) is 14.4. The van der Waals surface area contributed by atoms with E-state index in [1.807, 2.05) is 0 Å². The van der Waals surface area contributed by atoms with Crippen LogP contribution in [-0.4, -0.2) is 23.6 Å². The highest BCUT2D eigenvalue weighted by atomic mass is 16.2. The van der Waals surface area contributed by atoms with E-state index in [1.165, 1.54) is 14.0 Å². The maximum absolute atomic E-state index is 10.8. The Morgan fingerprint density at radius 1 is 1.70 bits per heavy atom. The number of carbonyl (C=O) groups excluding carboxylic acids is 1. The molecule has 4 heteroatoms. The SMILES string of the molecule is CN=C(C)C(=O)/C(N)=C\O. The normalized spacial score (nSPS) is 13.4. The van der Waals surface area contributed by atoms with Crippen molar-refractivity contribution in [1.82, 2.24) is 0 Å². The van der Waals surface area contributed by atoms with Gasteiger partial charge in [-0.3, -0.25) is 9.79 Å². The quantitative estimate of drug-likeness (QED) is 0.324. The fourth-order valence-electron chi connectivity index (χ4n) is 0.369. The number of nitrogens with zero attached hydrogens (tertiary/aromatic N) is 1. The van der Waals surface area contributed by atoms with Crippen LogP contribution in [0.3, 0.4) is 0 Å². The Morgan fingerprint density at radius 3 is 2.50 bits per heavy atom. The number of rotatable bonds is 2. The first-order valence-electron chi connectivity index (χ1n) is 2.71. The summed E-state index contributed by atoms with van der Waals surface area (Å²) in [6.45, 7) is 1.53. The standard InChI is InChI=1S/C6H10N2O2/c1-4(8-2)6(10)5(7)3-9/h3,9H,7H2,1-2H3/b5-3+,8-4?. The molecule has 0 saturated heterocycles. The van der Waals surface area contributed by atoms with Crippen LogP contribution in [0.4, 0.5) is 0 Å². The van der Waals surface area contributed by atoms with Crippen molar-refractivity contribution in [3.05, 3.63) is 12.0 Å². The van der Waals surface area contributed by atoms with Gasteiger partial charge in [0.1, 0.15) is 12.0 Å². The van der Waals surface area contributed by atoms with E-state index < -0.39 is 5.78 Å². The number of ketones is 1. The summed E-state index contributed by atoms with van der Waals surface area (Å²) >= 11 is 0. The molecule has 0 spiro atoms. The molecular weight excluding hydrogens is 132 g/mol. The van der Waals surface area contributed by atoms with Crippen molar-refractivity contribution in [2.24, 2.45) is 10.7 Å². The van der Waals surface area contributed by atoms with Gasteiger partial charge in [0.2, 0.25) is 5.78 Å². The molecule has 10 heavy (non-hydrogen) atoms. The van der Waals surface area contributed by atoms with Crippen LogP contribution in [0, 0.1) is 0 Å². The number of allylic oxidation sites excluding steroid dienone is 1. The monoisotopic (exact) mass is 142 g/mol. The van der Waals surface area contributed by atoms with Crippen LogP contribution in [0.5, 0.6) is 0 Å². The molecule has 3 N–H and O–H groups in total. The summed E-state index contributed by atoms with van der Waals surface area (Å²) in [6, 6.07) is 0. The highest BCUT2D eigenvalue weighted by molar-refractivity contribution is 6.44. The maximum atomic E-state index is 10.8. The lowest BCUT2D eigenvalue weighted by molar-refractivity contribution is -0.110. The molecule has 0 rings (SSSR count). The Hall–Kier alpha value is -1.32. The van der Waals surface area contributed by atoms with Crippen molar-refractivity contribution in [2.45, 2.75) is 6.92 Å². The Labute approximate surface area is 59.1 Å². The minimum absolute atomic E-state index is 0.192. The van der Waals surface area contributed by atoms with Crippen molar-refractivity contribution >= 4 is 11.5 Å². The summed E-state index contributed by atoms with van der Waals surface area (Å²) in [6.07, 6.45) is 0.566. The number of aliphatic hydroxyl groups is 1. The lowest BCUT2D eigenvalue weighted by atomic mass is 10.2. The van der Waals surface area contributed by atoms with Gasteiger partial charge in [-0.1, -0.05) is 0 Å². The van der Waals surface area contributed by atoms with Gasteiger partial charge in [-0.15, -0.1) is 0 Å². The second-order valence-corrected chi connectivity index (χ2v) is 1.72. The third kappa shape index (κ3) is 1.89. The van der Waals surface area contributed by atoms with E-state index in [-0.39, 0.29) is 11.4 Å². The minimum atomic E-state index is -0.440. The average molecular weight is 142 g/mol. The van der Waals surface area contributed by atoms with E-state index in [0.29, 0.717) is 6.26 Å². The minimum Gasteiger partial charge on any atom is -0.513 e. The van der Waals surface area contributed by atoms with Crippen LogP contribution in [0.25, 0.3) is 0 Å². The predicted octanol–water partition coefficient (Wildman–Crippen LogP) is 0.00430. The zero-order valence-electron chi connectivity index (χ0n) is 5.96. The lowest BCUT2D eigenvalue weighted by Gasteiger charge is -1.95. The highest BCUT2D eigenvalue weighted by Crippen LogP contribution is 1.87. The van der Waals surface area contributed by atoms with Gasteiger partial charge in [-0.25, -0.2) is 0 Å². The van der Waals surface area contributed by atoms with Crippen LogP contribution >= 0.6 is 0 Å². The van der Waals surface area contributed by atoms with E-state index in [2.05, 4.69) is 4.99 Å².